The van der Waals surface area contributed by atoms with Crippen molar-refractivity contribution in [2.24, 2.45) is 0 Å². The molecule has 1 saturated heterocycles. The molecule has 0 bridgehead atoms. The van der Waals surface area contributed by atoms with E-state index in [1.807, 2.05) is 36.4 Å². The lowest BCUT2D eigenvalue weighted by atomic mass is 10.1. The van der Waals surface area contributed by atoms with Gasteiger partial charge in [-0.3, -0.25) is 14.6 Å². The number of nitrogens with one attached hydrogen (secondary N) is 2. The van der Waals surface area contributed by atoms with Gasteiger partial charge in [-0.15, -0.1) is 0 Å². The van der Waals surface area contributed by atoms with Crippen LogP contribution in [0.25, 0.3) is 0 Å². The van der Waals surface area contributed by atoms with Crippen molar-refractivity contribution in [2.75, 3.05) is 18.4 Å². The number of hydrogen-bond acceptors (Lipinski definition) is 7. The molecule has 26 heavy (non-hydrogen) atoms. The van der Waals surface area contributed by atoms with Gasteiger partial charge in [0.05, 0.1) is 12.5 Å². The molecule has 136 valence electrons. The number of aromatic nitrogens is 1. The minimum absolute atomic E-state index is 0.0109. The number of nitrogens with zero attached hydrogens (tertiary/aromatic N) is 1. The van der Waals surface area contributed by atoms with Gasteiger partial charge in [-0.2, -0.15) is 0 Å². The van der Waals surface area contributed by atoms with Gasteiger partial charge in [0.2, 0.25) is 0 Å². The standard InChI is InChI=1S/C19H21N3O3S/c23-16-10-18(25)26-19(16)22-15-5-3-13(4-6-15)7-9-21-12-17(24)14-2-1-8-20-11-14/h1-6,8,11,17,19,21-22,24H,7,9-10,12H2/t17-,19?/m1/s1. The predicted octanol–water partition coefficient (Wildman–Crippen LogP) is 1.92. The van der Waals surface area contributed by atoms with Crippen LogP contribution in [0.2, 0.25) is 0 Å². The third-order valence-electron chi connectivity index (χ3n) is 4.11. The lowest BCUT2D eigenvalue weighted by Crippen LogP contribution is -2.23. The zero-order valence-electron chi connectivity index (χ0n) is 14.2. The molecule has 0 spiro atoms. The molecule has 1 aliphatic rings. The molecule has 1 aliphatic heterocycles. The molecule has 6 nitrogen and oxygen atoms in total. The maximum absolute atomic E-state index is 11.7. The monoisotopic (exact) mass is 371 g/mol. The number of benzene rings is 1. The molecule has 0 saturated carbocycles. The van der Waals surface area contributed by atoms with Crippen molar-refractivity contribution in [2.45, 2.75) is 24.3 Å². The molecule has 1 aromatic carbocycles. The summed E-state index contributed by atoms with van der Waals surface area (Å²) in [4.78, 5) is 26.9. The number of Topliss-reactive ketones (excluding diaryl/α,β-unsaturated/α-hetero) is 1. The predicted molar refractivity (Wildman–Crippen MR) is 102 cm³/mol. The summed E-state index contributed by atoms with van der Waals surface area (Å²) in [5, 5.41) is 15.8. The van der Waals surface area contributed by atoms with Crippen molar-refractivity contribution in [3.8, 4) is 0 Å². The highest BCUT2D eigenvalue weighted by atomic mass is 32.2. The third kappa shape index (κ3) is 5.14. The zero-order valence-corrected chi connectivity index (χ0v) is 15.0. The summed E-state index contributed by atoms with van der Waals surface area (Å²) in [5.41, 5.74) is 2.78. The molecule has 1 unspecified atom stereocenters. The fourth-order valence-electron chi connectivity index (χ4n) is 2.67. The van der Waals surface area contributed by atoms with Crippen LogP contribution in [-0.2, 0) is 16.0 Å². The van der Waals surface area contributed by atoms with E-state index in [9.17, 15) is 14.7 Å². The van der Waals surface area contributed by atoms with E-state index in [0.29, 0.717) is 6.54 Å². The van der Waals surface area contributed by atoms with Crippen LogP contribution in [0.5, 0.6) is 0 Å². The summed E-state index contributed by atoms with van der Waals surface area (Å²) in [5.74, 6) is -0.0690. The number of aliphatic hydroxyl groups excluding tert-OH is 1. The molecule has 1 fully saturated rings. The van der Waals surface area contributed by atoms with E-state index in [0.717, 1.165) is 41.5 Å². The van der Waals surface area contributed by atoms with Crippen molar-refractivity contribution < 1.29 is 14.7 Å². The van der Waals surface area contributed by atoms with Crippen LogP contribution in [-0.4, -0.2) is 39.5 Å². The van der Waals surface area contributed by atoms with Gasteiger partial charge in [-0.25, -0.2) is 0 Å². The average Bonchev–Trinajstić information content (AvgIpc) is 2.97. The van der Waals surface area contributed by atoms with Crippen molar-refractivity contribution >= 4 is 28.3 Å². The van der Waals surface area contributed by atoms with Crippen LogP contribution in [0.1, 0.15) is 23.7 Å². The number of anilines is 1. The van der Waals surface area contributed by atoms with E-state index in [1.54, 1.807) is 12.4 Å². The summed E-state index contributed by atoms with van der Waals surface area (Å²) in [7, 11) is 0. The Kier molecular flexibility index (Phi) is 6.38. The van der Waals surface area contributed by atoms with E-state index in [-0.39, 0.29) is 17.3 Å². The molecule has 3 rings (SSSR count). The minimum atomic E-state index is -0.570. The van der Waals surface area contributed by atoms with Gasteiger partial charge in [-0.1, -0.05) is 30.0 Å². The number of carbonyl (C=O) groups excluding carboxylic acids is 2. The number of ketones is 1. The Hall–Kier alpha value is -2.22. The average molecular weight is 371 g/mol. The van der Waals surface area contributed by atoms with Gasteiger partial charge < -0.3 is 15.7 Å². The Morgan fingerprint density at radius 2 is 2.04 bits per heavy atom. The Labute approximate surface area is 156 Å². The molecular weight excluding hydrogens is 350 g/mol. The normalized spacial score (nSPS) is 18.1. The van der Waals surface area contributed by atoms with Crippen molar-refractivity contribution in [3.05, 3.63) is 59.9 Å². The van der Waals surface area contributed by atoms with E-state index < -0.39 is 11.5 Å². The quantitative estimate of drug-likeness (QED) is 0.482. The van der Waals surface area contributed by atoms with Crippen LogP contribution >= 0.6 is 11.8 Å². The molecule has 0 aliphatic carbocycles. The van der Waals surface area contributed by atoms with Crippen molar-refractivity contribution in [1.82, 2.24) is 10.3 Å². The maximum atomic E-state index is 11.7. The second-order valence-electron chi connectivity index (χ2n) is 6.11. The molecule has 0 radical (unpaired) electrons. The number of rotatable bonds is 8. The van der Waals surface area contributed by atoms with Crippen LogP contribution in [0.4, 0.5) is 5.69 Å². The second kappa shape index (κ2) is 8.93. The fraction of sp³-hybridized carbons (Fsp3) is 0.316. The number of pyridine rings is 1. The molecule has 3 N–H and O–H groups in total. The minimum Gasteiger partial charge on any atom is -0.387 e. The Balaban J connectivity index is 1.40. The van der Waals surface area contributed by atoms with Gasteiger partial charge in [0.25, 0.3) is 0 Å². The zero-order chi connectivity index (χ0) is 18.4. The molecular formula is C19H21N3O3S. The number of thioether (sulfide) groups is 1. The number of hydrogen-bond donors (Lipinski definition) is 3. The summed E-state index contributed by atoms with van der Waals surface area (Å²) in [6.07, 6.45) is 3.62. The van der Waals surface area contributed by atoms with Gasteiger partial charge in [0, 0.05) is 30.2 Å². The molecule has 2 heterocycles. The van der Waals surface area contributed by atoms with Crippen LogP contribution in [0, 0.1) is 0 Å². The SMILES string of the molecule is O=C1CC(=O)C(Nc2ccc(CCNC[C@@H](O)c3cccnc3)cc2)S1. The Bertz CT molecular complexity index is 752. The van der Waals surface area contributed by atoms with Crippen LogP contribution < -0.4 is 10.6 Å². The van der Waals surface area contributed by atoms with Crippen molar-refractivity contribution in [3.63, 3.8) is 0 Å². The second-order valence-corrected chi connectivity index (χ2v) is 7.27. The number of aliphatic hydroxyl groups is 1. The van der Waals surface area contributed by atoms with E-state index in [1.165, 1.54) is 0 Å². The van der Waals surface area contributed by atoms with Gasteiger partial charge in [0.1, 0.15) is 5.37 Å². The summed E-state index contributed by atoms with van der Waals surface area (Å²) in [6, 6.07) is 11.5. The Morgan fingerprint density at radius 1 is 1.23 bits per heavy atom. The van der Waals surface area contributed by atoms with E-state index >= 15 is 0 Å². The van der Waals surface area contributed by atoms with Gasteiger partial charge >= 0.3 is 0 Å². The fourth-order valence-corrected chi connectivity index (χ4v) is 3.56. The van der Waals surface area contributed by atoms with Crippen LogP contribution in [0.3, 0.4) is 0 Å². The molecule has 2 atom stereocenters. The number of carbonyl (C=O) groups is 2. The highest BCUT2D eigenvalue weighted by Gasteiger charge is 2.31. The highest BCUT2D eigenvalue weighted by Crippen LogP contribution is 2.26. The first kappa shape index (κ1) is 18.6. The molecule has 0 amide bonds. The summed E-state index contributed by atoms with van der Waals surface area (Å²) < 4.78 is 0. The van der Waals surface area contributed by atoms with Crippen molar-refractivity contribution in [1.29, 1.82) is 0 Å². The lowest BCUT2D eigenvalue weighted by Gasteiger charge is -2.13. The third-order valence-corrected chi connectivity index (χ3v) is 5.13. The van der Waals surface area contributed by atoms with E-state index in [4.69, 9.17) is 0 Å². The summed E-state index contributed by atoms with van der Waals surface area (Å²) >= 11 is 1.05. The first-order valence-electron chi connectivity index (χ1n) is 8.48. The molecule has 2 aromatic rings. The van der Waals surface area contributed by atoms with E-state index in [2.05, 4.69) is 15.6 Å². The highest BCUT2D eigenvalue weighted by molar-refractivity contribution is 8.15. The van der Waals surface area contributed by atoms with Gasteiger partial charge in [-0.05, 0) is 36.7 Å². The summed E-state index contributed by atoms with van der Waals surface area (Å²) in [6.45, 7) is 1.22. The topological polar surface area (TPSA) is 91.3 Å². The first-order valence-corrected chi connectivity index (χ1v) is 9.36. The molecule has 1 aromatic heterocycles. The maximum Gasteiger partial charge on any atom is 0.198 e. The smallest absolute Gasteiger partial charge is 0.198 e. The first-order chi connectivity index (χ1) is 12.6. The van der Waals surface area contributed by atoms with Crippen LogP contribution in [0.15, 0.2) is 48.8 Å². The molecule has 7 heteroatoms. The lowest BCUT2D eigenvalue weighted by molar-refractivity contribution is -0.121. The largest absolute Gasteiger partial charge is 0.387 e. The Morgan fingerprint density at radius 3 is 2.69 bits per heavy atom. The van der Waals surface area contributed by atoms with Gasteiger partial charge in [0.15, 0.2) is 10.9 Å².